The van der Waals surface area contributed by atoms with Gasteiger partial charge in [-0.1, -0.05) is 41.1 Å². The van der Waals surface area contributed by atoms with Gasteiger partial charge in [-0.15, -0.1) is 0 Å². The number of aryl methyl sites for hydroxylation is 3. The van der Waals surface area contributed by atoms with E-state index in [-0.39, 0.29) is 21.6 Å². The van der Waals surface area contributed by atoms with Gasteiger partial charge in [0.15, 0.2) is 0 Å². The van der Waals surface area contributed by atoms with Crippen LogP contribution in [0.3, 0.4) is 0 Å². The normalized spacial score (nSPS) is 10.5. The predicted octanol–water partition coefficient (Wildman–Crippen LogP) is 4.89. The monoisotopic (exact) mass is 420 g/mol. The van der Waals surface area contributed by atoms with Crippen molar-refractivity contribution in [2.45, 2.75) is 20.8 Å². The number of nitrogens with one attached hydrogen (secondary N) is 1. The third-order valence-corrected chi connectivity index (χ3v) is 5.30. The zero-order valence-electron chi connectivity index (χ0n) is 16.0. The largest absolute Gasteiger partial charge is 0.478 e. The van der Waals surface area contributed by atoms with E-state index in [9.17, 15) is 14.4 Å². The Morgan fingerprint density at radius 3 is 2.25 bits per heavy atom. The minimum absolute atomic E-state index is 0.0259. The molecule has 0 aliphatic carbocycles. The average Bonchev–Trinajstić information content (AvgIpc) is 2.60. The maximum atomic E-state index is 12.5. The van der Waals surface area contributed by atoms with Crippen molar-refractivity contribution in [2.24, 2.45) is 0 Å². The number of carboxylic acids is 1. The molecule has 0 aromatic heterocycles. The van der Waals surface area contributed by atoms with Crippen LogP contribution in [0.1, 0.15) is 27.0 Å². The summed E-state index contributed by atoms with van der Waals surface area (Å²) in [6.07, 6.45) is 0. The van der Waals surface area contributed by atoms with E-state index in [1.165, 1.54) is 23.1 Å². The van der Waals surface area contributed by atoms with Gasteiger partial charge in [-0.2, -0.15) is 0 Å². The molecule has 0 unspecified atom stereocenters. The van der Waals surface area contributed by atoms with Crippen LogP contribution in [-0.2, 0) is 4.79 Å². The molecule has 0 heterocycles. The summed E-state index contributed by atoms with van der Waals surface area (Å²) in [5.74, 6) is -1.61. The first-order valence-corrected chi connectivity index (χ1v) is 9.77. The number of anilines is 2. The summed E-state index contributed by atoms with van der Waals surface area (Å²) in [6, 6.07) is 8.03. The summed E-state index contributed by atoms with van der Waals surface area (Å²) in [6.45, 7) is 5.89. The number of rotatable bonds is 5. The van der Waals surface area contributed by atoms with Crippen molar-refractivity contribution in [2.75, 3.05) is 23.0 Å². The van der Waals surface area contributed by atoms with Crippen molar-refractivity contribution in [3.8, 4) is 0 Å². The average molecular weight is 421 g/mol. The highest BCUT2D eigenvalue weighted by Crippen LogP contribution is 2.28. The Hall–Kier alpha value is -2.51. The van der Waals surface area contributed by atoms with Gasteiger partial charge in [0, 0.05) is 12.7 Å². The van der Waals surface area contributed by atoms with Crippen LogP contribution in [0.5, 0.6) is 0 Å². The number of hydrogen-bond donors (Lipinski definition) is 2. The summed E-state index contributed by atoms with van der Waals surface area (Å²) in [4.78, 5) is 37.1. The molecular weight excluding hydrogens is 400 g/mol. The molecule has 148 valence electrons. The lowest BCUT2D eigenvalue weighted by Crippen LogP contribution is -2.26. The van der Waals surface area contributed by atoms with Gasteiger partial charge in [0.05, 0.1) is 22.0 Å². The molecule has 28 heavy (non-hydrogen) atoms. The van der Waals surface area contributed by atoms with E-state index in [2.05, 4.69) is 5.32 Å². The molecule has 0 saturated carbocycles. The molecule has 0 aliphatic heterocycles. The number of amides is 2. The van der Waals surface area contributed by atoms with E-state index in [1.807, 2.05) is 32.9 Å². The number of benzene rings is 2. The topological polar surface area (TPSA) is 86.7 Å². The summed E-state index contributed by atoms with van der Waals surface area (Å²) in [5.41, 5.74) is 4.25. The first kappa shape index (κ1) is 21.8. The van der Waals surface area contributed by atoms with Crippen molar-refractivity contribution >= 4 is 51.9 Å². The van der Waals surface area contributed by atoms with Gasteiger partial charge in [0.25, 0.3) is 5.24 Å². The van der Waals surface area contributed by atoms with Crippen LogP contribution in [0.15, 0.2) is 30.3 Å². The summed E-state index contributed by atoms with van der Waals surface area (Å²) < 4.78 is 0. The van der Waals surface area contributed by atoms with E-state index >= 15 is 0 Å². The van der Waals surface area contributed by atoms with Gasteiger partial charge in [0.1, 0.15) is 0 Å². The molecule has 0 radical (unpaired) electrons. The smallest absolute Gasteiger partial charge is 0.335 e. The number of carbonyl (C=O) groups excluding carboxylic acids is 2. The Morgan fingerprint density at radius 1 is 1.11 bits per heavy atom. The highest BCUT2D eigenvalue weighted by atomic mass is 35.5. The highest BCUT2D eigenvalue weighted by molar-refractivity contribution is 8.14. The number of thioether (sulfide) groups is 1. The van der Waals surface area contributed by atoms with E-state index in [4.69, 9.17) is 16.7 Å². The van der Waals surface area contributed by atoms with Gasteiger partial charge in [-0.05, 0) is 50.1 Å². The Labute approximate surface area is 172 Å². The zero-order chi connectivity index (χ0) is 21.0. The van der Waals surface area contributed by atoms with Crippen LogP contribution in [0, 0.1) is 20.8 Å². The zero-order valence-corrected chi connectivity index (χ0v) is 17.6. The SMILES string of the molecule is Cc1cc(C)c(N(C)C(=O)SCC(=O)Nc2ccc(C(=O)O)cc2Cl)c(C)c1. The molecule has 0 aliphatic rings. The molecule has 0 saturated heterocycles. The quantitative estimate of drug-likeness (QED) is 0.718. The van der Waals surface area contributed by atoms with Crippen LogP contribution < -0.4 is 10.2 Å². The van der Waals surface area contributed by atoms with Gasteiger partial charge in [0.2, 0.25) is 5.91 Å². The Bertz CT molecular complexity index is 923. The Morgan fingerprint density at radius 2 is 1.71 bits per heavy atom. The van der Waals surface area contributed by atoms with Gasteiger partial charge >= 0.3 is 5.97 Å². The number of halogens is 1. The highest BCUT2D eigenvalue weighted by Gasteiger charge is 2.18. The van der Waals surface area contributed by atoms with Crippen molar-refractivity contribution in [3.05, 3.63) is 57.6 Å². The lowest BCUT2D eigenvalue weighted by molar-refractivity contribution is -0.113. The van der Waals surface area contributed by atoms with E-state index in [0.29, 0.717) is 5.69 Å². The standard InChI is InChI=1S/C20H21ClN2O4S/c1-11-7-12(2)18(13(3)8-11)23(4)20(27)28-10-17(24)22-16-6-5-14(19(25)26)9-15(16)21/h5-9H,10H2,1-4H3,(H,22,24)(H,25,26). The number of aromatic carboxylic acids is 1. The van der Waals surface area contributed by atoms with Crippen molar-refractivity contribution in [3.63, 3.8) is 0 Å². The van der Waals surface area contributed by atoms with Crippen LogP contribution in [0.25, 0.3) is 0 Å². The molecule has 6 nitrogen and oxygen atoms in total. The van der Waals surface area contributed by atoms with E-state index < -0.39 is 11.9 Å². The molecule has 2 rings (SSSR count). The van der Waals surface area contributed by atoms with Crippen molar-refractivity contribution in [1.82, 2.24) is 0 Å². The summed E-state index contributed by atoms with van der Waals surface area (Å²) in [5, 5.41) is 11.4. The Balaban J connectivity index is 1.99. The molecule has 2 N–H and O–H groups in total. The van der Waals surface area contributed by atoms with Crippen LogP contribution in [-0.4, -0.2) is 35.0 Å². The predicted molar refractivity (Wildman–Crippen MR) is 114 cm³/mol. The second-order valence-corrected chi connectivity index (χ2v) is 7.74. The summed E-state index contributed by atoms with van der Waals surface area (Å²) >= 11 is 6.88. The molecule has 2 amide bonds. The minimum Gasteiger partial charge on any atom is -0.478 e. The molecule has 0 atom stereocenters. The maximum absolute atomic E-state index is 12.5. The van der Waals surface area contributed by atoms with E-state index in [1.54, 1.807) is 7.05 Å². The second-order valence-electron chi connectivity index (χ2n) is 6.41. The van der Waals surface area contributed by atoms with Gasteiger partial charge in [-0.25, -0.2) is 4.79 Å². The fourth-order valence-corrected chi connectivity index (χ4v) is 3.79. The van der Waals surface area contributed by atoms with Crippen LogP contribution in [0.2, 0.25) is 5.02 Å². The fourth-order valence-electron chi connectivity index (χ4n) is 2.95. The number of carbonyl (C=O) groups is 3. The van der Waals surface area contributed by atoms with Crippen molar-refractivity contribution in [1.29, 1.82) is 0 Å². The van der Waals surface area contributed by atoms with Gasteiger partial charge < -0.3 is 15.3 Å². The third-order valence-electron chi connectivity index (χ3n) is 4.06. The molecule has 2 aromatic rings. The molecule has 0 spiro atoms. The molecule has 8 heteroatoms. The lowest BCUT2D eigenvalue weighted by Gasteiger charge is -2.22. The van der Waals surface area contributed by atoms with E-state index in [0.717, 1.165) is 34.1 Å². The Kier molecular flexibility index (Phi) is 7.10. The number of nitrogens with zero attached hydrogens (tertiary/aromatic N) is 1. The molecule has 2 aromatic carbocycles. The van der Waals surface area contributed by atoms with Crippen LogP contribution in [0.4, 0.5) is 16.2 Å². The van der Waals surface area contributed by atoms with Crippen molar-refractivity contribution < 1.29 is 19.5 Å². The number of hydrogen-bond acceptors (Lipinski definition) is 4. The molecule has 0 fully saturated rings. The maximum Gasteiger partial charge on any atom is 0.335 e. The second kappa shape index (κ2) is 9.12. The third kappa shape index (κ3) is 5.27. The minimum atomic E-state index is -1.11. The van der Waals surface area contributed by atoms with Gasteiger partial charge in [-0.3, -0.25) is 9.59 Å². The first-order valence-electron chi connectivity index (χ1n) is 8.41. The first-order chi connectivity index (χ1) is 13.1. The molecule has 0 bridgehead atoms. The lowest BCUT2D eigenvalue weighted by atomic mass is 10.0. The fraction of sp³-hybridized carbons (Fsp3) is 0.250. The number of carboxylic acid groups (broad SMARTS) is 1. The summed E-state index contributed by atoms with van der Waals surface area (Å²) in [7, 11) is 1.68. The molecular formula is C20H21ClN2O4S. The van der Waals surface area contributed by atoms with Crippen LogP contribution >= 0.6 is 23.4 Å².